The van der Waals surface area contributed by atoms with Gasteiger partial charge < -0.3 is 9.88 Å². The van der Waals surface area contributed by atoms with E-state index in [0.717, 1.165) is 37.0 Å². The van der Waals surface area contributed by atoms with Crippen LogP contribution in [0.1, 0.15) is 17.4 Å². The summed E-state index contributed by atoms with van der Waals surface area (Å²) in [7, 11) is 2.05. The van der Waals surface area contributed by atoms with Gasteiger partial charge in [-0.1, -0.05) is 23.7 Å². The summed E-state index contributed by atoms with van der Waals surface area (Å²) in [5.74, 6) is 1.08. The zero-order valence-corrected chi connectivity index (χ0v) is 12.3. The smallest absolute Gasteiger partial charge is 0.130 e. The molecule has 1 aliphatic heterocycles. The SMILES string of the molecule is Cn1ccnc1C(c1ccc(Cl)cc1)N1CCNCC1. The number of halogens is 1. The zero-order chi connectivity index (χ0) is 13.9. The molecule has 2 heterocycles. The molecular weight excluding hydrogens is 272 g/mol. The van der Waals surface area contributed by atoms with Gasteiger partial charge in [0.1, 0.15) is 5.82 Å². The molecule has 3 rings (SSSR count). The highest BCUT2D eigenvalue weighted by atomic mass is 35.5. The number of imidazole rings is 1. The van der Waals surface area contributed by atoms with Crippen molar-refractivity contribution in [3.8, 4) is 0 Å². The Morgan fingerprint density at radius 1 is 1.20 bits per heavy atom. The summed E-state index contributed by atoms with van der Waals surface area (Å²) < 4.78 is 2.10. The largest absolute Gasteiger partial charge is 0.336 e. The average molecular weight is 291 g/mol. The highest BCUT2D eigenvalue weighted by molar-refractivity contribution is 6.30. The first-order valence-electron chi connectivity index (χ1n) is 6.93. The van der Waals surface area contributed by atoms with Gasteiger partial charge in [-0.2, -0.15) is 0 Å². The molecule has 5 heteroatoms. The molecule has 1 aromatic carbocycles. The van der Waals surface area contributed by atoms with E-state index in [1.807, 2.05) is 31.6 Å². The molecule has 0 spiro atoms. The maximum absolute atomic E-state index is 6.01. The summed E-state index contributed by atoms with van der Waals surface area (Å²) in [6.45, 7) is 4.10. The number of rotatable bonds is 3. The molecule has 1 unspecified atom stereocenters. The van der Waals surface area contributed by atoms with Crippen LogP contribution in [0.5, 0.6) is 0 Å². The van der Waals surface area contributed by atoms with Gasteiger partial charge in [0.05, 0.1) is 6.04 Å². The van der Waals surface area contributed by atoms with Crippen LogP contribution in [-0.4, -0.2) is 40.6 Å². The molecule has 0 amide bonds. The lowest BCUT2D eigenvalue weighted by atomic mass is 10.0. The third-order valence-electron chi connectivity index (χ3n) is 3.81. The molecule has 1 aromatic heterocycles. The number of aromatic nitrogens is 2. The highest BCUT2D eigenvalue weighted by Gasteiger charge is 2.26. The number of aryl methyl sites for hydroxylation is 1. The van der Waals surface area contributed by atoms with Crippen molar-refractivity contribution in [2.45, 2.75) is 6.04 Å². The van der Waals surface area contributed by atoms with Gasteiger partial charge >= 0.3 is 0 Å². The normalized spacial score (nSPS) is 18.1. The fraction of sp³-hybridized carbons (Fsp3) is 0.400. The van der Waals surface area contributed by atoms with E-state index >= 15 is 0 Å². The Hall–Kier alpha value is -1.36. The quantitative estimate of drug-likeness (QED) is 0.939. The molecule has 1 saturated heterocycles. The van der Waals surface area contributed by atoms with Gasteiger partial charge in [0, 0.05) is 50.6 Å². The van der Waals surface area contributed by atoms with E-state index in [1.165, 1.54) is 5.56 Å². The maximum atomic E-state index is 6.01. The second kappa shape index (κ2) is 5.95. The number of hydrogen-bond donors (Lipinski definition) is 1. The molecule has 1 aliphatic rings. The lowest BCUT2D eigenvalue weighted by molar-refractivity contribution is 0.190. The molecule has 1 atom stereocenters. The van der Waals surface area contributed by atoms with Crippen molar-refractivity contribution in [1.29, 1.82) is 0 Å². The summed E-state index contributed by atoms with van der Waals surface area (Å²) in [5, 5.41) is 4.17. The molecule has 106 valence electrons. The van der Waals surface area contributed by atoms with Crippen LogP contribution in [0.25, 0.3) is 0 Å². The third-order valence-corrected chi connectivity index (χ3v) is 4.06. The average Bonchev–Trinajstić information content (AvgIpc) is 2.89. The van der Waals surface area contributed by atoms with Crippen molar-refractivity contribution < 1.29 is 0 Å². The van der Waals surface area contributed by atoms with Gasteiger partial charge in [0.2, 0.25) is 0 Å². The fourth-order valence-corrected chi connectivity index (χ4v) is 2.88. The number of piperazine rings is 1. The van der Waals surface area contributed by atoms with Gasteiger partial charge in [-0.15, -0.1) is 0 Å². The van der Waals surface area contributed by atoms with Crippen molar-refractivity contribution in [1.82, 2.24) is 19.8 Å². The summed E-state index contributed by atoms with van der Waals surface area (Å²) in [6, 6.07) is 8.30. The van der Waals surface area contributed by atoms with E-state index in [-0.39, 0.29) is 6.04 Å². The molecule has 20 heavy (non-hydrogen) atoms. The predicted molar refractivity (Wildman–Crippen MR) is 80.9 cm³/mol. The molecule has 1 fully saturated rings. The van der Waals surface area contributed by atoms with E-state index < -0.39 is 0 Å². The van der Waals surface area contributed by atoms with Crippen LogP contribution in [0.3, 0.4) is 0 Å². The number of nitrogens with zero attached hydrogens (tertiary/aromatic N) is 3. The molecule has 0 saturated carbocycles. The molecule has 0 aliphatic carbocycles. The van der Waals surface area contributed by atoms with Crippen molar-refractivity contribution in [3.63, 3.8) is 0 Å². The van der Waals surface area contributed by atoms with Crippen molar-refractivity contribution in [3.05, 3.63) is 53.1 Å². The lowest BCUT2D eigenvalue weighted by Crippen LogP contribution is -2.46. The number of nitrogens with one attached hydrogen (secondary N) is 1. The monoisotopic (exact) mass is 290 g/mol. The second-order valence-electron chi connectivity index (χ2n) is 5.14. The fourth-order valence-electron chi connectivity index (χ4n) is 2.75. The minimum absolute atomic E-state index is 0.189. The van der Waals surface area contributed by atoms with Crippen molar-refractivity contribution in [2.24, 2.45) is 7.05 Å². The zero-order valence-electron chi connectivity index (χ0n) is 11.6. The molecule has 4 nitrogen and oxygen atoms in total. The van der Waals surface area contributed by atoms with Crippen molar-refractivity contribution >= 4 is 11.6 Å². The van der Waals surface area contributed by atoms with E-state index in [1.54, 1.807) is 0 Å². The Kier molecular flexibility index (Phi) is 4.05. The van der Waals surface area contributed by atoms with Gasteiger partial charge in [0.25, 0.3) is 0 Å². The first-order valence-corrected chi connectivity index (χ1v) is 7.31. The van der Waals surface area contributed by atoms with E-state index in [0.29, 0.717) is 0 Å². The summed E-state index contributed by atoms with van der Waals surface area (Å²) in [4.78, 5) is 7.03. The standard InChI is InChI=1S/C15H19ClN4/c1-19-9-8-18-15(19)14(20-10-6-17-7-11-20)12-2-4-13(16)5-3-12/h2-5,8-9,14,17H,6-7,10-11H2,1H3. The summed E-state index contributed by atoms with van der Waals surface area (Å²) in [5.41, 5.74) is 1.24. The van der Waals surface area contributed by atoms with E-state index in [2.05, 4.69) is 31.9 Å². The molecule has 2 aromatic rings. The Labute approximate surface area is 124 Å². The van der Waals surface area contributed by atoms with Crippen LogP contribution in [0.2, 0.25) is 5.02 Å². The van der Waals surface area contributed by atoms with Gasteiger partial charge in [0.15, 0.2) is 0 Å². The van der Waals surface area contributed by atoms with Gasteiger partial charge in [-0.25, -0.2) is 4.98 Å². The van der Waals surface area contributed by atoms with Gasteiger partial charge in [-0.05, 0) is 17.7 Å². The number of benzene rings is 1. The Bertz CT molecular complexity index is 558. The Morgan fingerprint density at radius 2 is 1.90 bits per heavy atom. The summed E-state index contributed by atoms with van der Waals surface area (Å²) in [6.07, 6.45) is 3.86. The Morgan fingerprint density at radius 3 is 2.50 bits per heavy atom. The second-order valence-corrected chi connectivity index (χ2v) is 5.57. The minimum Gasteiger partial charge on any atom is -0.336 e. The topological polar surface area (TPSA) is 33.1 Å². The predicted octanol–water partition coefficient (Wildman–Crippen LogP) is 2.07. The lowest BCUT2D eigenvalue weighted by Gasteiger charge is -2.34. The molecule has 0 radical (unpaired) electrons. The highest BCUT2D eigenvalue weighted by Crippen LogP contribution is 2.28. The number of hydrogen-bond acceptors (Lipinski definition) is 3. The van der Waals surface area contributed by atoms with Crippen LogP contribution >= 0.6 is 11.6 Å². The molecule has 0 bridgehead atoms. The van der Waals surface area contributed by atoms with E-state index in [4.69, 9.17) is 11.6 Å². The third kappa shape index (κ3) is 2.73. The van der Waals surface area contributed by atoms with Crippen LogP contribution < -0.4 is 5.32 Å². The first kappa shape index (κ1) is 13.6. The maximum Gasteiger partial charge on any atom is 0.130 e. The Balaban J connectivity index is 1.98. The van der Waals surface area contributed by atoms with Crippen LogP contribution in [0.15, 0.2) is 36.7 Å². The minimum atomic E-state index is 0.189. The molecule has 1 N–H and O–H groups in total. The van der Waals surface area contributed by atoms with Gasteiger partial charge in [-0.3, -0.25) is 4.90 Å². The summed E-state index contributed by atoms with van der Waals surface area (Å²) >= 11 is 6.01. The van der Waals surface area contributed by atoms with Crippen LogP contribution in [0.4, 0.5) is 0 Å². The van der Waals surface area contributed by atoms with Crippen LogP contribution in [0, 0.1) is 0 Å². The first-order chi connectivity index (χ1) is 9.75. The van der Waals surface area contributed by atoms with Crippen LogP contribution in [-0.2, 0) is 7.05 Å². The van der Waals surface area contributed by atoms with Crippen molar-refractivity contribution in [2.75, 3.05) is 26.2 Å². The van der Waals surface area contributed by atoms with E-state index in [9.17, 15) is 0 Å². The molecular formula is C15H19ClN4.